The minimum atomic E-state index is -4.37. The van der Waals surface area contributed by atoms with Gasteiger partial charge >= 0.3 is 19.8 Å². The number of rotatable bonds is 58. The van der Waals surface area contributed by atoms with Crippen molar-refractivity contribution >= 4 is 19.8 Å². The first-order valence-electron chi connectivity index (χ1n) is 30.3. The van der Waals surface area contributed by atoms with Crippen molar-refractivity contribution in [2.75, 3.05) is 26.4 Å². The third kappa shape index (κ3) is 55.8. The van der Waals surface area contributed by atoms with E-state index in [0.717, 1.165) is 38.5 Å². The summed E-state index contributed by atoms with van der Waals surface area (Å²) in [6.07, 6.45) is 67.2. The van der Waals surface area contributed by atoms with Crippen LogP contribution in [0.15, 0.2) is 24.3 Å². The van der Waals surface area contributed by atoms with Gasteiger partial charge in [-0.25, -0.2) is 4.57 Å². The van der Waals surface area contributed by atoms with Gasteiger partial charge in [-0.2, -0.15) is 0 Å². The Morgan fingerprint density at radius 2 is 0.743 bits per heavy atom. The van der Waals surface area contributed by atoms with Crippen LogP contribution >= 0.6 is 7.82 Å². The molecule has 70 heavy (non-hydrogen) atoms. The second kappa shape index (κ2) is 56.8. The molecule has 9 nitrogen and oxygen atoms in total. The van der Waals surface area contributed by atoms with Crippen molar-refractivity contribution in [3.8, 4) is 0 Å². The first kappa shape index (κ1) is 68.5. The molecule has 2 unspecified atom stereocenters. The molecule has 0 radical (unpaired) electrons. The van der Waals surface area contributed by atoms with E-state index < -0.39 is 26.5 Å². The van der Waals surface area contributed by atoms with Gasteiger partial charge in [-0.3, -0.25) is 18.6 Å². The van der Waals surface area contributed by atoms with Crippen molar-refractivity contribution in [3.63, 3.8) is 0 Å². The van der Waals surface area contributed by atoms with Crippen LogP contribution in [0.3, 0.4) is 0 Å². The SMILES string of the molecule is CCCCCCC/C=C\C/C=C\CCCCCCCCCCCCCCCCCCCCCCCCCCCCCC(=O)OC(COC(=O)CCCCCCCCCCCC)COP(=O)(O)OCCN. The van der Waals surface area contributed by atoms with E-state index in [1.165, 1.54) is 244 Å². The molecule has 0 aliphatic heterocycles. The molecule has 0 saturated carbocycles. The Hall–Kier alpha value is -1.51. The topological polar surface area (TPSA) is 134 Å². The second-order valence-corrected chi connectivity index (χ2v) is 22.0. The maximum Gasteiger partial charge on any atom is 0.472 e. The van der Waals surface area contributed by atoms with E-state index in [-0.39, 0.29) is 38.6 Å². The Bertz CT molecular complexity index is 1200. The summed E-state index contributed by atoms with van der Waals surface area (Å²) in [7, 11) is -4.37. The highest BCUT2D eigenvalue weighted by Crippen LogP contribution is 2.43. The molecule has 0 rings (SSSR count). The number of nitrogens with two attached hydrogens (primary N) is 1. The number of phosphoric acid groups is 1. The maximum atomic E-state index is 12.7. The summed E-state index contributed by atoms with van der Waals surface area (Å²) < 4.78 is 32.9. The number of hydrogen-bond acceptors (Lipinski definition) is 8. The highest BCUT2D eigenvalue weighted by atomic mass is 31.2. The molecular weight excluding hydrogens is 894 g/mol. The van der Waals surface area contributed by atoms with Crippen LogP contribution in [0.25, 0.3) is 0 Å². The summed E-state index contributed by atoms with van der Waals surface area (Å²) >= 11 is 0. The first-order valence-corrected chi connectivity index (χ1v) is 31.8. The molecule has 0 aliphatic carbocycles. The predicted molar refractivity (Wildman–Crippen MR) is 298 cm³/mol. The third-order valence-electron chi connectivity index (χ3n) is 13.6. The minimum absolute atomic E-state index is 0.0570. The van der Waals surface area contributed by atoms with Gasteiger partial charge in [-0.05, 0) is 44.9 Å². The predicted octanol–water partition coefficient (Wildman–Crippen LogP) is 19.0. The molecule has 0 fully saturated rings. The van der Waals surface area contributed by atoms with Gasteiger partial charge in [0.25, 0.3) is 0 Å². The normalized spacial score (nSPS) is 13.1. The van der Waals surface area contributed by atoms with Crippen LogP contribution in [0.4, 0.5) is 0 Å². The largest absolute Gasteiger partial charge is 0.472 e. The lowest BCUT2D eigenvalue weighted by atomic mass is 10.0. The summed E-state index contributed by atoms with van der Waals surface area (Å²) in [4.78, 5) is 35.0. The zero-order valence-electron chi connectivity index (χ0n) is 46.3. The summed E-state index contributed by atoms with van der Waals surface area (Å²) in [5.41, 5.74) is 5.37. The van der Waals surface area contributed by atoms with Crippen LogP contribution in [0.5, 0.6) is 0 Å². The number of ether oxygens (including phenoxy) is 2. The first-order chi connectivity index (χ1) is 34.3. The summed E-state index contributed by atoms with van der Waals surface area (Å²) in [5, 5.41) is 0. The van der Waals surface area contributed by atoms with Gasteiger partial charge in [-0.15, -0.1) is 0 Å². The van der Waals surface area contributed by atoms with Crippen LogP contribution in [-0.4, -0.2) is 49.3 Å². The lowest BCUT2D eigenvalue weighted by Gasteiger charge is -2.19. The Morgan fingerprint density at radius 3 is 1.09 bits per heavy atom. The van der Waals surface area contributed by atoms with Crippen molar-refractivity contribution in [3.05, 3.63) is 24.3 Å². The fourth-order valence-corrected chi connectivity index (χ4v) is 9.85. The zero-order valence-corrected chi connectivity index (χ0v) is 47.2. The highest BCUT2D eigenvalue weighted by Gasteiger charge is 2.26. The molecule has 0 aromatic heterocycles. The van der Waals surface area contributed by atoms with Crippen LogP contribution in [0.2, 0.25) is 0 Å². The van der Waals surface area contributed by atoms with E-state index in [2.05, 4.69) is 38.2 Å². The lowest BCUT2D eigenvalue weighted by Crippen LogP contribution is -2.29. The van der Waals surface area contributed by atoms with Gasteiger partial charge in [0, 0.05) is 19.4 Å². The molecule has 0 saturated heterocycles. The molecular formula is C60H116NO8P. The van der Waals surface area contributed by atoms with Crippen LogP contribution in [0, 0.1) is 0 Å². The fourth-order valence-electron chi connectivity index (χ4n) is 9.08. The van der Waals surface area contributed by atoms with Crippen molar-refractivity contribution in [2.24, 2.45) is 5.73 Å². The van der Waals surface area contributed by atoms with Crippen molar-refractivity contribution < 1.29 is 37.6 Å². The van der Waals surface area contributed by atoms with Crippen molar-refractivity contribution in [2.45, 2.75) is 322 Å². The van der Waals surface area contributed by atoms with Gasteiger partial charge in [0.1, 0.15) is 6.61 Å². The van der Waals surface area contributed by atoms with E-state index in [0.29, 0.717) is 6.42 Å². The number of carbonyl (C=O) groups excluding carboxylic acids is 2. The van der Waals surface area contributed by atoms with Crippen molar-refractivity contribution in [1.82, 2.24) is 0 Å². The summed E-state index contributed by atoms with van der Waals surface area (Å²) in [6, 6.07) is 0. The number of carbonyl (C=O) groups is 2. The number of esters is 2. The molecule has 2 atom stereocenters. The van der Waals surface area contributed by atoms with Crippen LogP contribution in [0.1, 0.15) is 316 Å². The van der Waals surface area contributed by atoms with E-state index in [1.807, 2.05) is 0 Å². The number of phosphoric ester groups is 1. The lowest BCUT2D eigenvalue weighted by molar-refractivity contribution is -0.161. The fraction of sp³-hybridized carbons (Fsp3) is 0.900. The molecule has 3 N–H and O–H groups in total. The summed E-state index contributed by atoms with van der Waals surface area (Å²) in [5.74, 6) is -0.813. The maximum absolute atomic E-state index is 12.7. The summed E-state index contributed by atoms with van der Waals surface area (Å²) in [6.45, 7) is 3.76. The molecule has 0 aromatic rings. The van der Waals surface area contributed by atoms with Gasteiger partial charge in [0.05, 0.1) is 13.2 Å². The number of unbranched alkanes of at least 4 members (excludes halogenated alkanes) is 41. The Kier molecular flexibility index (Phi) is 55.6. The molecule has 0 spiro atoms. The van der Waals surface area contributed by atoms with Gasteiger partial charge < -0.3 is 20.1 Å². The number of allylic oxidation sites excluding steroid dienone is 4. The van der Waals surface area contributed by atoms with E-state index in [9.17, 15) is 19.0 Å². The second-order valence-electron chi connectivity index (χ2n) is 20.6. The minimum Gasteiger partial charge on any atom is -0.462 e. The van der Waals surface area contributed by atoms with Crippen molar-refractivity contribution in [1.29, 1.82) is 0 Å². The van der Waals surface area contributed by atoms with E-state index >= 15 is 0 Å². The smallest absolute Gasteiger partial charge is 0.462 e. The average Bonchev–Trinajstić information content (AvgIpc) is 3.35. The molecule has 0 heterocycles. The third-order valence-corrected chi connectivity index (χ3v) is 14.6. The van der Waals surface area contributed by atoms with E-state index in [1.54, 1.807) is 0 Å². The van der Waals surface area contributed by atoms with Crippen LogP contribution < -0.4 is 5.73 Å². The Balaban J connectivity index is 3.68. The van der Waals surface area contributed by atoms with E-state index in [4.69, 9.17) is 24.3 Å². The Morgan fingerprint density at radius 1 is 0.429 bits per heavy atom. The van der Waals surface area contributed by atoms with Gasteiger partial charge in [-0.1, -0.05) is 282 Å². The standard InChI is InChI=1S/C60H116NO8P/c1-3-5-7-9-11-13-15-16-17-18-19-20-21-22-23-24-25-26-27-28-29-30-31-32-33-34-35-36-37-38-39-40-41-42-43-45-47-49-51-53-60(63)69-58(57-68-70(64,65)67-55-54-61)56-66-59(62)52-50-48-46-44-14-12-10-8-6-4-2/h15-16,18-19,58H,3-14,17,20-57,61H2,1-2H3,(H,64,65)/b16-15-,19-18-. The van der Waals surface area contributed by atoms with Gasteiger partial charge in [0.15, 0.2) is 6.10 Å². The highest BCUT2D eigenvalue weighted by molar-refractivity contribution is 7.47. The molecule has 0 aliphatic rings. The number of hydrogen-bond donors (Lipinski definition) is 2. The Labute approximate surface area is 433 Å². The molecule has 0 aromatic carbocycles. The molecule has 0 bridgehead atoms. The quantitative estimate of drug-likeness (QED) is 0.0264. The van der Waals surface area contributed by atoms with Crippen LogP contribution in [-0.2, 0) is 32.7 Å². The molecule has 10 heteroatoms. The van der Waals surface area contributed by atoms with Gasteiger partial charge in [0.2, 0.25) is 0 Å². The monoisotopic (exact) mass is 1010 g/mol. The molecule has 414 valence electrons. The average molecular weight is 1010 g/mol. The zero-order chi connectivity index (χ0) is 51.0. The molecule has 0 amide bonds.